The van der Waals surface area contributed by atoms with E-state index in [1.807, 2.05) is 35.4 Å². The van der Waals surface area contributed by atoms with Gasteiger partial charge in [0.2, 0.25) is 0 Å². The van der Waals surface area contributed by atoms with Gasteiger partial charge in [-0.05, 0) is 38.5 Å². The Morgan fingerprint density at radius 1 is 1.23 bits per heavy atom. The number of ether oxygens (including phenoxy) is 1. The van der Waals surface area contributed by atoms with Crippen LogP contribution in [0.1, 0.15) is 39.1 Å². The number of carboxylic acid groups (broad SMARTS) is 1. The molecule has 0 saturated carbocycles. The van der Waals surface area contributed by atoms with Crippen LogP contribution in [0.2, 0.25) is 0 Å². The molecule has 3 aromatic heterocycles. The first-order valence-electron chi connectivity index (χ1n) is 10.2. The normalized spacial score (nSPS) is 13.5. The molecule has 0 bridgehead atoms. The fourth-order valence-corrected chi connectivity index (χ4v) is 5.13. The predicted molar refractivity (Wildman–Crippen MR) is 120 cm³/mol. The number of fused-ring (bicyclic) bond motifs is 2. The van der Waals surface area contributed by atoms with Gasteiger partial charge in [0.25, 0.3) is 5.91 Å². The molecule has 1 amide bonds. The number of benzene rings is 1. The van der Waals surface area contributed by atoms with Crippen LogP contribution in [0.15, 0.2) is 36.5 Å². The molecule has 1 aromatic carbocycles. The number of carbonyl (C=O) groups excluding carboxylic acids is 1. The van der Waals surface area contributed by atoms with Gasteiger partial charge in [-0.25, -0.2) is 4.79 Å². The molecule has 0 aliphatic carbocycles. The van der Waals surface area contributed by atoms with E-state index in [0.29, 0.717) is 33.9 Å². The maximum atomic E-state index is 12.6. The Morgan fingerprint density at radius 3 is 2.71 bits per heavy atom. The van der Waals surface area contributed by atoms with E-state index in [0.717, 1.165) is 40.9 Å². The Morgan fingerprint density at radius 2 is 2.03 bits per heavy atom. The predicted octanol–water partition coefficient (Wildman–Crippen LogP) is 4.92. The fraction of sp³-hybridized carbons (Fsp3) is 0.261. The number of aromatic carboxylic acids is 1. The van der Waals surface area contributed by atoms with Gasteiger partial charge in [-0.1, -0.05) is 0 Å². The van der Waals surface area contributed by atoms with Crippen molar-refractivity contribution in [1.82, 2.24) is 14.5 Å². The molecule has 4 aromatic rings. The number of aryl methyl sites for hydroxylation is 1. The first-order chi connectivity index (χ1) is 15.0. The standard InChI is InChI=1S/C23H21N3O4S/c1-3-26-13(2)20(23(28)29)15-6-5-14(11-17(15)26)30-18-7-8-24-16-12-19(31-21(16)18)22(27)25-9-4-10-25/h5-8,11-12H,3-4,9-10H2,1-2H3,(H,28,29). The van der Waals surface area contributed by atoms with Crippen LogP contribution in [-0.4, -0.2) is 44.5 Å². The molecule has 0 atom stereocenters. The quantitative estimate of drug-likeness (QED) is 0.481. The van der Waals surface area contributed by atoms with E-state index in [4.69, 9.17) is 4.74 Å². The van der Waals surface area contributed by atoms with Gasteiger partial charge in [0.1, 0.15) is 11.5 Å². The van der Waals surface area contributed by atoms with Crippen molar-refractivity contribution < 1.29 is 19.4 Å². The lowest BCUT2D eigenvalue weighted by Gasteiger charge is -2.30. The molecule has 1 N–H and O–H groups in total. The lowest BCUT2D eigenvalue weighted by atomic mass is 10.1. The highest BCUT2D eigenvalue weighted by Crippen LogP contribution is 2.37. The molecule has 0 spiro atoms. The molecule has 5 rings (SSSR count). The van der Waals surface area contributed by atoms with Gasteiger partial charge in [0.05, 0.1) is 26.2 Å². The molecule has 8 heteroatoms. The first-order valence-corrected chi connectivity index (χ1v) is 11.0. The molecule has 4 heterocycles. The summed E-state index contributed by atoms with van der Waals surface area (Å²) < 4.78 is 8.98. The highest BCUT2D eigenvalue weighted by molar-refractivity contribution is 7.21. The van der Waals surface area contributed by atoms with Gasteiger partial charge in [0, 0.05) is 49.0 Å². The molecule has 1 aliphatic rings. The van der Waals surface area contributed by atoms with Gasteiger partial charge in [-0.15, -0.1) is 11.3 Å². The van der Waals surface area contributed by atoms with Crippen LogP contribution in [0.4, 0.5) is 0 Å². The number of carbonyl (C=O) groups is 2. The van der Waals surface area contributed by atoms with Crippen LogP contribution in [-0.2, 0) is 6.54 Å². The summed E-state index contributed by atoms with van der Waals surface area (Å²) >= 11 is 1.39. The zero-order chi connectivity index (χ0) is 21.7. The van der Waals surface area contributed by atoms with Crippen molar-refractivity contribution >= 4 is 44.3 Å². The van der Waals surface area contributed by atoms with Crippen molar-refractivity contribution in [2.75, 3.05) is 13.1 Å². The lowest BCUT2D eigenvalue weighted by Crippen LogP contribution is -2.41. The average molecular weight is 436 g/mol. The summed E-state index contributed by atoms with van der Waals surface area (Å²) in [4.78, 5) is 31.2. The Bertz CT molecular complexity index is 1350. The van der Waals surface area contributed by atoms with E-state index in [1.165, 1.54) is 11.3 Å². The zero-order valence-corrected chi connectivity index (χ0v) is 18.0. The largest absolute Gasteiger partial charge is 0.478 e. The highest BCUT2D eigenvalue weighted by atomic mass is 32.1. The second-order valence-electron chi connectivity index (χ2n) is 7.57. The van der Waals surface area contributed by atoms with Crippen molar-refractivity contribution in [1.29, 1.82) is 0 Å². The summed E-state index contributed by atoms with van der Waals surface area (Å²) in [6.07, 6.45) is 2.72. The number of nitrogens with zero attached hydrogens (tertiary/aromatic N) is 3. The van der Waals surface area contributed by atoms with Crippen LogP contribution in [0.3, 0.4) is 0 Å². The molecule has 0 unspecified atom stereocenters. The minimum Gasteiger partial charge on any atom is -0.478 e. The van der Waals surface area contributed by atoms with Crippen molar-refractivity contribution in [2.45, 2.75) is 26.8 Å². The fourth-order valence-electron chi connectivity index (χ4n) is 4.10. The number of hydrogen-bond donors (Lipinski definition) is 1. The third-order valence-electron chi connectivity index (χ3n) is 5.78. The average Bonchev–Trinajstić information content (AvgIpc) is 3.25. The van der Waals surface area contributed by atoms with E-state index in [1.54, 1.807) is 24.4 Å². The molecule has 1 aliphatic heterocycles. The number of pyridine rings is 1. The minimum atomic E-state index is -0.933. The molecule has 0 radical (unpaired) electrons. The van der Waals surface area contributed by atoms with Gasteiger partial charge in [-0.3, -0.25) is 9.78 Å². The molecule has 1 fully saturated rings. The van der Waals surface area contributed by atoms with E-state index >= 15 is 0 Å². The summed E-state index contributed by atoms with van der Waals surface area (Å²) in [5.74, 6) is 0.339. The van der Waals surface area contributed by atoms with Gasteiger partial charge >= 0.3 is 5.97 Å². The Kier molecular flexibility index (Phi) is 4.66. The molecular formula is C23H21N3O4S. The van der Waals surface area contributed by atoms with Crippen LogP contribution >= 0.6 is 11.3 Å². The second-order valence-corrected chi connectivity index (χ2v) is 8.62. The Labute approximate surface area is 182 Å². The van der Waals surface area contributed by atoms with Gasteiger partial charge in [-0.2, -0.15) is 0 Å². The third-order valence-corrected chi connectivity index (χ3v) is 6.91. The maximum absolute atomic E-state index is 12.6. The zero-order valence-electron chi connectivity index (χ0n) is 17.2. The number of hydrogen-bond acceptors (Lipinski definition) is 5. The minimum absolute atomic E-state index is 0.0408. The highest BCUT2D eigenvalue weighted by Gasteiger charge is 2.24. The number of carboxylic acids is 1. The summed E-state index contributed by atoms with van der Waals surface area (Å²) in [6.45, 7) is 6.07. The van der Waals surface area contributed by atoms with Crippen LogP contribution in [0.25, 0.3) is 21.1 Å². The number of aromatic nitrogens is 2. The molecule has 1 saturated heterocycles. The molecule has 158 valence electrons. The number of thiophene rings is 1. The van der Waals surface area contributed by atoms with E-state index in [2.05, 4.69) is 4.98 Å². The smallest absolute Gasteiger partial charge is 0.338 e. The lowest BCUT2D eigenvalue weighted by molar-refractivity contribution is 0.0655. The monoisotopic (exact) mass is 435 g/mol. The van der Waals surface area contributed by atoms with Crippen LogP contribution in [0.5, 0.6) is 11.5 Å². The summed E-state index contributed by atoms with van der Waals surface area (Å²) in [5.41, 5.74) is 2.59. The number of rotatable bonds is 5. The SMILES string of the molecule is CCn1c(C)c(C(=O)O)c2ccc(Oc3ccnc4cc(C(=O)N5CCC5)sc34)cc21. The Balaban J connectivity index is 1.54. The van der Waals surface area contributed by atoms with Crippen molar-refractivity contribution in [2.24, 2.45) is 0 Å². The summed E-state index contributed by atoms with van der Waals surface area (Å²) in [7, 11) is 0. The Hall–Kier alpha value is -3.39. The summed E-state index contributed by atoms with van der Waals surface area (Å²) in [5, 5.41) is 10.3. The summed E-state index contributed by atoms with van der Waals surface area (Å²) in [6, 6.07) is 9.04. The number of likely N-dealkylation sites (tertiary alicyclic amines) is 1. The molecular weight excluding hydrogens is 414 g/mol. The van der Waals surface area contributed by atoms with Gasteiger partial charge in [0.15, 0.2) is 0 Å². The molecule has 7 nitrogen and oxygen atoms in total. The van der Waals surface area contributed by atoms with Crippen molar-refractivity contribution in [3.8, 4) is 11.5 Å². The third kappa shape index (κ3) is 3.14. The van der Waals surface area contributed by atoms with Crippen LogP contribution < -0.4 is 4.74 Å². The van der Waals surface area contributed by atoms with Crippen molar-refractivity contribution in [3.63, 3.8) is 0 Å². The van der Waals surface area contributed by atoms with Gasteiger partial charge < -0.3 is 19.3 Å². The van der Waals surface area contributed by atoms with E-state index in [-0.39, 0.29) is 5.91 Å². The topological polar surface area (TPSA) is 84.7 Å². The first kappa shape index (κ1) is 19.6. The number of amides is 1. The maximum Gasteiger partial charge on any atom is 0.338 e. The van der Waals surface area contributed by atoms with E-state index < -0.39 is 5.97 Å². The second kappa shape index (κ2) is 7.39. The van der Waals surface area contributed by atoms with Crippen LogP contribution in [0, 0.1) is 6.92 Å². The van der Waals surface area contributed by atoms with E-state index in [9.17, 15) is 14.7 Å². The molecule has 31 heavy (non-hydrogen) atoms. The van der Waals surface area contributed by atoms with Crippen molar-refractivity contribution in [3.05, 3.63) is 52.7 Å².